The van der Waals surface area contributed by atoms with Crippen molar-refractivity contribution in [2.24, 2.45) is 0 Å². The molecule has 2 heterocycles. The number of aliphatic hydroxyl groups is 1. The third-order valence-corrected chi connectivity index (χ3v) is 2.91. The lowest BCUT2D eigenvalue weighted by atomic mass is 9.97. The summed E-state index contributed by atoms with van der Waals surface area (Å²) in [6, 6.07) is 0. The highest BCUT2D eigenvalue weighted by molar-refractivity contribution is 5.86. The summed E-state index contributed by atoms with van der Waals surface area (Å²) < 4.78 is 0. The Balaban J connectivity index is 1.81. The van der Waals surface area contributed by atoms with Crippen molar-refractivity contribution in [1.29, 1.82) is 0 Å². The summed E-state index contributed by atoms with van der Waals surface area (Å²) in [5.74, 6) is 0.00686. The quantitative estimate of drug-likeness (QED) is 0.652. The maximum absolute atomic E-state index is 11.6. The van der Waals surface area contributed by atoms with Crippen LogP contribution in [-0.4, -0.2) is 58.5 Å². The molecule has 5 heteroatoms. The van der Waals surface area contributed by atoms with Crippen molar-refractivity contribution in [1.82, 2.24) is 9.80 Å². The topological polar surface area (TPSA) is 60.9 Å². The SMILES string of the molecule is CC1(O)CN(C(=O)CN2CCCC2=O)C1. The summed E-state index contributed by atoms with van der Waals surface area (Å²) in [5, 5.41) is 9.47. The van der Waals surface area contributed by atoms with E-state index < -0.39 is 5.60 Å². The van der Waals surface area contributed by atoms with Crippen molar-refractivity contribution in [2.45, 2.75) is 25.4 Å². The predicted molar refractivity (Wildman–Crippen MR) is 53.0 cm³/mol. The largest absolute Gasteiger partial charge is 0.386 e. The number of β-amino-alcohol motifs (C(OH)–C–C–N with tert-alkyl or cyclic N) is 1. The van der Waals surface area contributed by atoms with Crippen molar-refractivity contribution >= 4 is 11.8 Å². The lowest BCUT2D eigenvalue weighted by Gasteiger charge is -2.44. The van der Waals surface area contributed by atoms with Gasteiger partial charge in [-0.15, -0.1) is 0 Å². The summed E-state index contributed by atoms with van der Waals surface area (Å²) in [5.41, 5.74) is -0.731. The normalized spacial score (nSPS) is 24.3. The second-order valence-electron chi connectivity index (χ2n) is 4.67. The predicted octanol–water partition coefficient (Wildman–Crippen LogP) is -0.798. The highest BCUT2D eigenvalue weighted by atomic mass is 16.3. The van der Waals surface area contributed by atoms with Gasteiger partial charge in [0.15, 0.2) is 0 Å². The maximum atomic E-state index is 11.6. The van der Waals surface area contributed by atoms with E-state index in [4.69, 9.17) is 0 Å². The number of hydrogen-bond acceptors (Lipinski definition) is 3. The molecule has 2 amide bonds. The average Bonchev–Trinajstić information content (AvgIpc) is 2.47. The van der Waals surface area contributed by atoms with Gasteiger partial charge in [0, 0.05) is 13.0 Å². The van der Waals surface area contributed by atoms with Crippen LogP contribution in [0.3, 0.4) is 0 Å². The van der Waals surface area contributed by atoms with Crippen LogP contribution < -0.4 is 0 Å². The molecule has 0 aliphatic carbocycles. The van der Waals surface area contributed by atoms with Gasteiger partial charge in [-0.05, 0) is 13.3 Å². The molecule has 84 valence electrons. The van der Waals surface area contributed by atoms with Crippen LogP contribution in [0.4, 0.5) is 0 Å². The standard InChI is InChI=1S/C10H16N2O3/c1-10(15)6-12(7-10)9(14)5-11-4-2-3-8(11)13/h15H,2-7H2,1H3. The lowest BCUT2D eigenvalue weighted by Crippen LogP contribution is -2.63. The lowest BCUT2D eigenvalue weighted by molar-refractivity contribution is -0.155. The first-order chi connectivity index (χ1) is 6.98. The van der Waals surface area contributed by atoms with Crippen LogP contribution in [0.15, 0.2) is 0 Å². The monoisotopic (exact) mass is 212 g/mol. The smallest absolute Gasteiger partial charge is 0.242 e. The van der Waals surface area contributed by atoms with Gasteiger partial charge in [0.1, 0.15) is 0 Å². The zero-order valence-electron chi connectivity index (χ0n) is 8.90. The van der Waals surface area contributed by atoms with Gasteiger partial charge < -0.3 is 14.9 Å². The molecule has 5 nitrogen and oxygen atoms in total. The Morgan fingerprint density at radius 3 is 2.67 bits per heavy atom. The van der Waals surface area contributed by atoms with Crippen LogP contribution >= 0.6 is 0 Å². The number of nitrogens with zero attached hydrogens (tertiary/aromatic N) is 2. The number of carbonyl (C=O) groups is 2. The van der Waals surface area contributed by atoms with Gasteiger partial charge in [-0.2, -0.15) is 0 Å². The van der Waals surface area contributed by atoms with Crippen LogP contribution in [-0.2, 0) is 9.59 Å². The minimum Gasteiger partial charge on any atom is -0.386 e. The first-order valence-corrected chi connectivity index (χ1v) is 5.26. The fraction of sp³-hybridized carbons (Fsp3) is 0.800. The first kappa shape index (κ1) is 10.4. The number of rotatable bonds is 2. The molecule has 0 saturated carbocycles. The van der Waals surface area contributed by atoms with E-state index in [0.29, 0.717) is 26.1 Å². The molecule has 0 atom stereocenters. The molecule has 0 aromatic rings. The zero-order chi connectivity index (χ0) is 11.1. The minimum absolute atomic E-state index is 0.0585. The molecule has 0 spiro atoms. The Labute approximate surface area is 88.6 Å². The van der Waals surface area contributed by atoms with Gasteiger partial charge in [0.2, 0.25) is 11.8 Å². The maximum Gasteiger partial charge on any atom is 0.242 e. The molecule has 0 bridgehead atoms. The Kier molecular flexibility index (Phi) is 2.42. The summed E-state index contributed by atoms with van der Waals surface area (Å²) in [7, 11) is 0. The Morgan fingerprint density at radius 1 is 1.53 bits per heavy atom. The van der Waals surface area contributed by atoms with Crippen LogP contribution in [0.5, 0.6) is 0 Å². The highest BCUT2D eigenvalue weighted by Crippen LogP contribution is 2.20. The summed E-state index contributed by atoms with van der Waals surface area (Å²) >= 11 is 0. The molecule has 2 aliphatic heterocycles. The van der Waals surface area contributed by atoms with Gasteiger partial charge >= 0.3 is 0 Å². The number of carbonyl (C=O) groups excluding carboxylic acids is 2. The van der Waals surface area contributed by atoms with E-state index in [0.717, 1.165) is 6.42 Å². The molecule has 0 unspecified atom stereocenters. The fourth-order valence-electron chi connectivity index (χ4n) is 2.09. The van der Waals surface area contributed by atoms with E-state index in [1.807, 2.05) is 0 Å². The van der Waals surface area contributed by atoms with Crippen molar-refractivity contribution in [3.05, 3.63) is 0 Å². The second kappa shape index (κ2) is 3.48. The average molecular weight is 212 g/mol. The van der Waals surface area contributed by atoms with Gasteiger partial charge in [-0.25, -0.2) is 0 Å². The molecular weight excluding hydrogens is 196 g/mol. The fourth-order valence-corrected chi connectivity index (χ4v) is 2.09. The van der Waals surface area contributed by atoms with Crippen molar-refractivity contribution in [3.8, 4) is 0 Å². The first-order valence-electron chi connectivity index (χ1n) is 5.26. The number of likely N-dealkylation sites (tertiary alicyclic amines) is 2. The van der Waals surface area contributed by atoms with Crippen LogP contribution in [0.1, 0.15) is 19.8 Å². The molecule has 2 aliphatic rings. The van der Waals surface area contributed by atoms with Crippen molar-refractivity contribution in [2.75, 3.05) is 26.2 Å². The Morgan fingerprint density at radius 2 is 2.20 bits per heavy atom. The van der Waals surface area contributed by atoms with E-state index in [1.165, 1.54) is 0 Å². The molecule has 2 rings (SSSR count). The second-order valence-corrected chi connectivity index (χ2v) is 4.67. The van der Waals surface area contributed by atoms with Crippen LogP contribution in [0.25, 0.3) is 0 Å². The molecule has 0 aromatic carbocycles. The van der Waals surface area contributed by atoms with Gasteiger partial charge in [0.05, 0.1) is 25.2 Å². The summed E-state index contributed by atoms with van der Waals surface area (Å²) in [6.45, 7) is 3.34. The summed E-state index contributed by atoms with van der Waals surface area (Å²) in [4.78, 5) is 26.1. The van der Waals surface area contributed by atoms with E-state index in [9.17, 15) is 14.7 Å². The van der Waals surface area contributed by atoms with Gasteiger partial charge in [-0.3, -0.25) is 9.59 Å². The molecule has 0 radical (unpaired) electrons. The zero-order valence-corrected chi connectivity index (χ0v) is 8.90. The van der Waals surface area contributed by atoms with E-state index in [2.05, 4.69) is 0 Å². The molecule has 15 heavy (non-hydrogen) atoms. The van der Waals surface area contributed by atoms with Gasteiger partial charge in [-0.1, -0.05) is 0 Å². The van der Waals surface area contributed by atoms with E-state index in [1.54, 1.807) is 16.7 Å². The minimum atomic E-state index is -0.731. The molecule has 0 aromatic heterocycles. The van der Waals surface area contributed by atoms with Crippen molar-refractivity contribution < 1.29 is 14.7 Å². The molecule has 1 N–H and O–H groups in total. The van der Waals surface area contributed by atoms with Crippen molar-refractivity contribution in [3.63, 3.8) is 0 Å². The third kappa shape index (κ3) is 2.12. The third-order valence-electron chi connectivity index (χ3n) is 2.91. The number of hydrogen-bond donors (Lipinski definition) is 1. The van der Waals surface area contributed by atoms with Crippen LogP contribution in [0, 0.1) is 0 Å². The summed E-state index contributed by atoms with van der Waals surface area (Å²) in [6.07, 6.45) is 1.41. The van der Waals surface area contributed by atoms with E-state index >= 15 is 0 Å². The Hall–Kier alpha value is -1.10. The van der Waals surface area contributed by atoms with Crippen LogP contribution in [0.2, 0.25) is 0 Å². The number of amides is 2. The van der Waals surface area contributed by atoms with E-state index in [-0.39, 0.29) is 18.4 Å². The molecule has 2 saturated heterocycles. The van der Waals surface area contributed by atoms with Gasteiger partial charge in [0.25, 0.3) is 0 Å². The highest BCUT2D eigenvalue weighted by Gasteiger charge is 2.40. The molecule has 2 fully saturated rings. The molecular formula is C10H16N2O3. The Bertz CT molecular complexity index is 293.